The van der Waals surface area contributed by atoms with Gasteiger partial charge in [0.15, 0.2) is 0 Å². The molecule has 2 heterocycles. The molecule has 0 aliphatic heterocycles. The van der Waals surface area contributed by atoms with Crippen molar-refractivity contribution in [3.63, 3.8) is 0 Å². The molecular weight excluding hydrogens is 352 g/mol. The molecule has 0 N–H and O–H groups in total. The second kappa shape index (κ2) is 7.48. The molecule has 0 unspecified atom stereocenters. The van der Waals surface area contributed by atoms with E-state index in [9.17, 15) is 9.59 Å². The van der Waals surface area contributed by atoms with Crippen molar-refractivity contribution >= 4 is 22.7 Å². The molecule has 4 aromatic rings. The Morgan fingerprint density at radius 2 is 1.71 bits per heavy atom. The number of ketones is 1. The Balaban J connectivity index is 1.59. The monoisotopic (exact) mass is 370 g/mol. The number of ether oxygens (including phenoxy) is 1. The fraction of sp³-hybridized carbons (Fsp3) is 0.0870. The van der Waals surface area contributed by atoms with E-state index in [-0.39, 0.29) is 5.78 Å². The van der Waals surface area contributed by atoms with Gasteiger partial charge in [-0.2, -0.15) is 0 Å². The summed E-state index contributed by atoms with van der Waals surface area (Å²) in [6.45, 7) is 0.548. The van der Waals surface area contributed by atoms with E-state index in [2.05, 4.69) is 11.1 Å². The van der Waals surface area contributed by atoms with Gasteiger partial charge in [-0.25, -0.2) is 4.79 Å². The number of pyridine rings is 1. The summed E-state index contributed by atoms with van der Waals surface area (Å²) in [5.74, 6) is -0.527. The molecule has 5 heteroatoms. The predicted molar refractivity (Wildman–Crippen MR) is 106 cm³/mol. The van der Waals surface area contributed by atoms with E-state index < -0.39 is 5.97 Å². The maximum absolute atomic E-state index is 12.9. The first-order valence-electron chi connectivity index (χ1n) is 8.87. The molecule has 0 aliphatic rings. The number of fused-ring (bicyclic) bond motifs is 1. The Morgan fingerprint density at radius 3 is 2.50 bits per heavy atom. The minimum atomic E-state index is -0.425. The Labute approximate surface area is 162 Å². The molecule has 0 fully saturated rings. The lowest BCUT2D eigenvalue weighted by molar-refractivity contribution is 0.0600. The van der Waals surface area contributed by atoms with Crippen LogP contribution in [0.25, 0.3) is 10.9 Å². The van der Waals surface area contributed by atoms with Crippen LogP contribution in [0.1, 0.15) is 32.0 Å². The molecule has 0 saturated carbocycles. The maximum atomic E-state index is 12.9. The highest BCUT2D eigenvalue weighted by Crippen LogP contribution is 2.17. The molecule has 0 saturated heterocycles. The zero-order chi connectivity index (χ0) is 19.5. The molecule has 0 aliphatic carbocycles. The van der Waals surface area contributed by atoms with Gasteiger partial charge in [-0.1, -0.05) is 30.3 Å². The van der Waals surface area contributed by atoms with Gasteiger partial charge in [0.05, 0.1) is 23.9 Å². The van der Waals surface area contributed by atoms with Gasteiger partial charge >= 0.3 is 5.97 Å². The summed E-state index contributed by atoms with van der Waals surface area (Å²) in [6.07, 6.45) is 3.72. The third kappa shape index (κ3) is 3.42. The second-order valence-corrected chi connectivity index (χ2v) is 6.46. The number of carbonyl (C=O) groups excluding carboxylic acids is 2. The van der Waals surface area contributed by atoms with Crippen LogP contribution in [0.2, 0.25) is 0 Å². The number of hydrogen-bond donors (Lipinski definition) is 0. The Bertz CT molecular complexity index is 1160. The molecule has 28 heavy (non-hydrogen) atoms. The van der Waals surface area contributed by atoms with E-state index in [4.69, 9.17) is 4.74 Å². The molecule has 5 nitrogen and oxygen atoms in total. The summed E-state index contributed by atoms with van der Waals surface area (Å²) in [7, 11) is 1.33. The van der Waals surface area contributed by atoms with E-state index in [1.54, 1.807) is 30.3 Å². The van der Waals surface area contributed by atoms with Crippen molar-refractivity contribution in [2.24, 2.45) is 0 Å². The highest BCUT2D eigenvalue weighted by molar-refractivity contribution is 6.08. The zero-order valence-corrected chi connectivity index (χ0v) is 15.3. The first-order chi connectivity index (χ1) is 13.7. The van der Waals surface area contributed by atoms with Crippen LogP contribution in [-0.4, -0.2) is 28.4 Å². The first kappa shape index (κ1) is 17.7. The van der Waals surface area contributed by atoms with Crippen LogP contribution in [0.4, 0.5) is 0 Å². The average Bonchev–Trinajstić information content (AvgIpc) is 3.20. The highest BCUT2D eigenvalue weighted by Gasteiger charge is 2.15. The molecule has 0 atom stereocenters. The number of esters is 1. The van der Waals surface area contributed by atoms with Gasteiger partial charge in [0, 0.05) is 29.9 Å². The van der Waals surface area contributed by atoms with Crippen LogP contribution >= 0.6 is 0 Å². The minimum absolute atomic E-state index is 0.102. The van der Waals surface area contributed by atoms with E-state index in [0.29, 0.717) is 23.4 Å². The van der Waals surface area contributed by atoms with Crippen molar-refractivity contribution in [3.8, 4) is 0 Å². The SMILES string of the molecule is COC(=O)c1ccc(C(=O)c2cccn2Cc2cnc3ccccc3c2)cc1. The number of benzene rings is 2. The molecule has 4 rings (SSSR count). The van der Waals surface area contributed by atoms with Gasteiger partial charge in [0.25, 0.3) is 0 Å². The molecule has 2 aromatic heterocycles. The number of aromatic nitrogens is 2. The van der Waals surface area contributed by atoms with Crippen LogP contribution in [0.15, 0.2) is 79.1 Å². The van der Waals surface area contributed by atoms with Gasteiger partial charge in [-0.15, -0.1) is 0 Å². The third-order valence-electron chi connectivity index (χ3n) is 4.63. The van der Waals surface area contributed by atoms with E-state index >= 15 is 0 Å². The lowest BCUT2D eigenvalue weighted by atomic mass is 10.1. The van der Waals surface area contributed by atoms with Crippen LogP contribution in [0.3, 0.4) is 0 Å². The largest absolute Gasteiger partial charge is 0.465 e. The minimum Gasteiger partial charge on any atom is -0.465 e. The standard InChI is InChI=1S/C23H18N2O3/c1-28-23(27)18-10-8-17(9-11-18)22(26)21-7-4-12-25(21)15-16-13-19-5-2-3-6-20(19)24-14-16/h2-14H,15H2,1H3. The smallest absolute Gasteiger partial charge is 0.337 e. The quantitative estimate of drug-likeness (QED) is 0.392. The molecule has 0 spiro atoms. The molecule has 0 bridgehead atoms. The van der Waals surface area contributed by atoms with Gasteiger partial charge in [0.2, 0.25) is 5.78 Å². The lowest BCUT2D eigenvalue weighted by Gasteiger charge is -2.10. The zero-order valence-electron chi connectivity index (χ0n) is 15.3. The highest BCUT2D eigenvalue weighted by atomic mass is 16.5. The van der Waals surface area contributed by atoms with Crippen molar-refractivity contribution in [3.05, 3.63) is 102 Å². The number of para-hydroxylation sites is 1. The molecule has 138 valence electrons. The van der Waals surface area contributed by atoms with Crippen molar-refractivity contribution in [1.82, 2.24) is 9.55 Å². The van der Waals surface area contributed by atoms with Crippen LogP contribution in [0.5, 0.6) is 0 Å². The number of carbonyl (C=O) groups is 2. The maximum Gasteiger partial charge on any atom is 0.337 e. The summed E-state index contributed by atoms with van der Waals surface area (Å²) < 4.78 is 6.60. The topological polar surface area (TPSA) is 61.2 Å². The van der Waals surface area contributed by atoms with E-state index in [0.717, 1.165) is 16.5 Å². The van der Waals surface area contributed by atoms with Gasteiger partial charge in [-0.05, 0) is 42.0 Å². The average molecular weight is 370 g/mol. The number of methoxy groups -OCH3 is 1. The number of nitrogens with zero attached hydrogens (tertiary/aromatic N) is 2. The Hall–Kier alpha value is -3.73. The third-order valence-corrected chi connectivity index (χ3v) is 4.63. The van der Waals surface area contributed by atoms with Crippen LogP contribution in [0, 0.1) is 0 Å². The fourth-order valence-electron chi connectivity index (χ4n) is 3.18. The normalized spacial score (nSPS) is 10.8. The van der Waals surface area contributed by atoms with Crippen molar-refractivity contribution in [1.29, 1.82) is 0 Å². The summed E-state index contributed by atoms with van der Waals surface area (Å²) in [4.78, 5) is 29.0. The van der Waals surface area contributed by atoms with E-state index in [1.165, 1.54) is 7.11 Å². The first-order valence-corrected chi connectivity index (χ1v) is 8.87. The fourth-order valence-corrected chi connectivity index (χ4v) is 3.18. The van der Waals surface area contributed by atoms with E-state index in [1.807, 2.05) is 47.3 Å². The van der Waals surface area contributed by atoms with Crippen LogP contribution < -0.4 is 0 Å². The molecule has 0 amide bonds. The van der Waals surface area contributed by atoms with Gasteiger partial charge in [0.1, 0.15) is 0 Å². The molecule has 0 radical (unpaired) electrons. The van der Waals surface area contributed by atoms with Crippen LogP contribution in [-0.2, 0) is 11.3 Å². The van der Waals surface area contributed by atoms with Crippen molar-refractivity contribution in [2.45, 2.75) is 6.54 Å². The van der Waals surface area contributed by atoms with Gasteiger partial charge < -0.3 is 9.30 Å². The predicted octanol–water partition coefficient (Wildman–Crippen LogP) is 4.10. The Kier molecular flexibility index (Phi) is 4.72. The molecular formula is C23H18N2O3. The summed E-state index contributed by atoms with van der Waals surface area (Å²) >= 11 is 0. The van der Waals surface area contributed by atoms with Crippen molar-refractivity contribution < 1.29 is 14.3 Å². The van der Waals surface area contributed by atoms with Crippen molar-refractivity contribution in [2.75, 3.05) is 7.11 Å². The summed E-state index contributed by atoms with van der Waals surface area (Å²) in [6, 6.07) is 20.2. The number of rotatable bonds is 5. The molecule has 2 aromatic carbocycles. The second-order valence-electron chi connectivity index (χ2n) is 6.46. The summed E-state index contributed by atoms with van der Waals surface area (Å²) in [5.41, 5.74) is 3.48. The summed E-state index contributed by atoms with van der Waals surface area (Å²) in [5, 5.41) is 1.07. The van der Waals surface area contributed by atoms with Gasteiger partial charge in [-0.3, -0.25) is 9.78 Å². The Morgan fingerprint density at radius 1 is 0.964 bits per heavy atom. The lowest BCUT2D eigenvalue weighted by Crippen LogP contribution is -2.11. The number of hydrogen-bond acceptors (Lipinski definition) is 4.